The van der Waals surface area contributed by atoms with E-state index in [-0.39, 0.29) is 5.92 Å². The zero-order valence-electron chi connectivity index (χ0n) is 8.18. The number of carbonyl (C=O) groups excluding carboxylic acids is 1. The molecule has 0 spiro atoms. The van der Waals surface area contributed by atoms with Crippen LogP contribution in [0.2, 0.25) is 0 Å². The lowest BCUT2D eigenvalue weighted by Gasteiger charge is -2.04. The first-order valence-corrected chi connectivity index (χ1v) is 6.16. The molecule has 0 unspecified atom stereocenters. The Morgan fingerprint density at radius 3 is 2.69 bits per heavy atom. The lowest BCUT2D eigenvalue weighted by atomic mass is 10.4. The summed E-state index contributed by atoms with van der Waals surface area (Å²) in [6.07, 6.45) is 1.38. The quantitative estimate of drug-likeness (QED) is 0.782. The number of carbonyl (C=O) groups is 1. The maximum absolute atomic E-state index is 12.7. The van der Waals surface area contributed by atoms with E-state index in [2.05, 4.69) is 4.98 Å². The smallest absolute Gasteiger partial charge is 0.274 e. The molecule has 1 aliphatic carbocycles. The SMILES string of the molecule is O=C(NS(=O)(=O)c1cccc(F)n1)C1CC1. The number of nitrogens with one attached hydrogen (secondary N) is 1. The lowest BCUT2D eigenvalue weighted by molar-refractivity contribution is -0.120. The van der Waals surface area contributed by atoms with Crippen molar-refractivity contribution >= 4 is 15.9 Å². The van der Waals surface area contributed by atoms with Crippen LogP contribution in [0.5, 0.6) is 0 Å². The Hall–Kier alpha value is -1.50. The molecule has 1 fully saturated rings. The summed E-state index contributed by atoms with van der Waals surface area (Å²) in [6, 6.07) is 3.38. The second kappa shape index (κ2) is 3.82. The molecule has 1 aliphatic rings. The molecule has 1 amide bonds. The van der Waals surface area contributed by atoms with Crippen molar-refractivity contribution in [3.05, 3.63) is 24.1 Å². The molecule has 2 rings (SSSR count). The van der Waals surface area contributed by atoms with Gasteiger partial charge in [0, 0.05) is 5.92 Å². The number of pyridine rings is 1. The first-order valence-electron chi connectivity index (χ1n) is 4.68. The third-order valence-corrected chi connectivity index (χ3v) is 3.40. The van der Waals surface area contributed by atoms with Crippen molar-refractivity contribution in [1.29, 1.82) is 0 Å². The van der Waals surface area contributed by atoms with Gasteiger partial charge >= 0.3 is 0 Å². The molecule has 5 nitrogen and oxygen atoms in total. The molecule has 0 atom stereocenters. The van der Waals surface area contributed by atoms with Crippen molar-refractivity contribution < 1.29 is 17.6 Å². The van der Waals surface area contributed by atoms with Gasteiger partial charge in [0.2, 0.25) is 11.9 Å². The highest BCUT2D eigenvalue weighted by Crippen LogP contribution is 2.29. The molecule has 1 N–H and O–H groups in total. The number of sulfonamides is 1. The van der Waals surface area contributed by atoms with Gasteiger partial charge in [0.25, 0.3) is 10.0 Å². The highest BCUT2D eigenvalue weighted by molar-refractivity contribution is 7.90. The maximum Gasteiger partial charge on any atom is 0.281 e. The van der Waals surface area contributed by atoms with E-state index in [0.29, 0.717) is 12.8 Å². The number of nitrogens with zero attached hydrogens (tertiary/aromatic N) is 1. The van der Waals surface area contributed by atoms with Crippen LogP contribution < -0.4 is 4.72 Å². The van der Waals surface area contributed by atoms with Gasteiger partial charge in [-0.1, -0.05) is 6.07 Å². The Labute approximate surface area is 91.7 Å². The highest BCUT2D eigenvalue weighted by atomic mass is 32.2. The van der Waals surface area contributed by atoms with Crippen molar-refractivity contribution in [3.8, 4) is 0 Å². The predicted octanol–water partition coefficient (Wildman–Crippen LogP) is 0.436. The maximum atomic E-state index is 12.7. The monoisotopic (exact) mass is 244 g/mol. The second-order valence-corrected chi connectivity index (χ2v) is 5.17. The molecule has 1 aromatic rings. The molecule has 0 bridgehead atoms. The number of aromatic nitrogens is 1. The number of halogens is 1. The minimum atomic E-state index is -4.04. The number of rotatable bonds is 3. The summed E-state index contributed by atoms with van der Waals surface area (Å²) in [7, 11) is -4.04. The predicted molar refractivity (Wildman–Crippen MR) is 52.2 cm³/mol. The van der Waals surface area contributed by atoms with Crippen molar-refractivity contribution in [2.24, 2.45) is 5.92 Å². The van der Waals surface area contributed by atoms with Crippen molar-refractivity contribution in [1.82, 2.24) is 9.71 Å². The molecule has 0 aliphatic heterocycles. The average Bonchev–Trinajstić information content (AvgIpc) is 3.00. The Balaban J connectivity index is 2.21. The third kappa shape index (κ3) is 2.35. The van der Waals surface area contributed by atoms with Crippen LogP contribution in [-0.4, -0.2) is 19.3 Å². The van der Waals surface area contributed by atoms with E-state index in [9.17, 15) is 17.6 Å². The zero-order valence-corrected chi connectivity index (χ0v) is 9.00. The van der Waals surface area contributed by atoms with E-state index in [1.807, 2.05) is 4.72 Å². The fourth-order valence-corrected chi connectivity index (χ4v) is 2.15. The Kier molecular flexibility index (Phi) is 2.63. The molecule has 7 heteroatoms. The zero-order chi connectivity index (χ0) is 11.8. The van der Waals surface area contributed by atoms with Gasteiger partial charge < -0.3 is 0 Å². The summed E-state index contributed by atoms with van der Waals surface area (Å²) in [4.78, 5) is 14.5. The molecule has 1 heterocycles. The van der Waals surface area contributed by atoms with Gasteiger partial charge in [-0.3, -0.25) is 4.79 Å². The van der Waals surface area contributed by atoms with Crippen molar-refractivity contribution in [3.63, 3.8) is 0 Å². The summed E-state index contributed by atoms with van der Waals surface area (Å²) in [6.45, 7) is 0. The largest absolute Gasteiger partial charge is 0.281 e. The fourth-order valence-electron chi connectivity index (χ4n) is 1.15. The van der Waals surface area contributed by atoms with E-state index in [4.69, 9.17) is 0 Å². The average molecular weight is 244 g/mol. The van der Waals surface area contributed by atoms with Crippen LogP contribution in [0.3, 0.4) is 0 Å². The first kappa shape index (κ1) is 11.0. The van der Waals surface area contributed by atoms with E-state index in [1.54, 1.807) is 0 Å². The van der Waals surface area contributed by atoms with Crippen molar-refractivity contribution in [2.45, 2.75) is 17.9 Å². The minimum Gasteiger partial charge on any atom is -0.274 e. The molecule has 0 saturated heterocycles. The van der Waals surface area contributed by atoms with Crippen LogP contribution in [-0.2, 0) is 14.8 Å². The van der Waals surface area contributed by atoms with Crippen molar-refractivity contribution in [2.75, 3.05) is 0 Å². The lowest BCUT2D eigenvalue weighted by Crippen LogP contribution is -2.32. The van der Waals surface area contributed by atoms with E-state index >= 15 is 0 Å². The van der Waals surface area contributed by atoms with Crippen LogP contribution in [0, 0.1) is 11.9 Å². The Morgan fingerprint density at radius 2 is 2.12 bits per heavy atom. The van der Waals surface area contributed by atoms with Crippen LogP contribution >= 0.6 is 0 Å². The van der Waals surface area contributed by atoms with E-state index in [1.165, 1.54) is 6.07 Å². The Morgan fingerprint density at radius 1 is 1.44 bits per heavy atom. The number of hydrogen-bond acceptors (Lipinski definition) is 4. The first-order chi connectivity index (χ1) is 7.49. The minimum absolute atomic E-state index is 0.233. The summed E-state index contributed by atoms with van der Waals surface area (Å²) >= 11 is 0. The summed E-state index contributed by atoms with van der Waals surface area (Å²) in [5, 5.41) is -0.485. The molecule has 1 saturated carbocycles. The van der Waals surface area contributed by atoms with Crippen LogP contribution in [0.4, 0.5) is 4.39 Å². The number of amides is 1. The van der Waals surface area contributed by atoms with E-state index < -0.39 is 26.9 Å². The van der Waals surface area contributed by atoms with Gasteiger partial charge in [-0.05, 0) is 25.0 Å². The standard InChI is InChI=1S/C9H9FN2O3S/c10-7-2-1-3-8(11-7)16(14,15)12-9(13)6-4-5-6/h1-3,6H,4-5H2,(H,12,13). The van der Waals surface area contributed by atoms with E-state index in [0.717, 1.165) is 12.1 Å². The van der Waals surface area contributed by atoms with Crippen LogP contribution in [0.25, 0.3) is 0 Å². The summed E-state index contributed by atoms with van der Waals surface area (Å²) < 4.78 is 37.7. The molecular weight excluding hydrogens is 235 g/mol. The van der Waals surface area contributed by atoms with Gasteiger partial charge in [-0.25, -0.2) is 9.71 Å². The van der Waals surface area contributed by atoms with Crippen LogP contribution in [0.1, 0.15) is 12.8 Å². The van der Waals surface area contributed by atoms with Gasteiger partial charge in [0.1, 0.15) is 0 Å². The van der Waals surface area contributed by atoms with Gasteiger partial charge in [-0.15, -0.1) is 0 Å². The molecule has 86 valence electrons. The third-order valence-electron chi connectivity index (χ3n) is 2.15. The fraction of sp³-hybridized carbons (Fsp3) is 0.333. The molecule has 16 heavy (non-hydrogen) atoms. The second-order valence-electron chi connectivity index (χ2n) is 3.54. The highest BCUT2D eigenvalue weighted by Gasteiger charge is 2.33. The molecule has 1 aromatic heterocycles. The Bertz CT molecular complexity index is 525. The van der Waals surface area contributed by atoms with Gasteiger partial charge in [-0.2, -0.15) is 12.8 Å². The molecular formula is C9H9FN2O3S. The summed E-state index contributed by atoms with van der Waals surface area (Å²) in [5.41, 5.74) is 0. The summed E-state index contributed by atoms with van der Waals surface area (Å²) in [5.74, 6) is -1.68. The normalized spacial score (nSPS) is 15.8. The molecule has 0 radical (unpaired) electrons. The number of hydrogen-bond donors (Lipinski definition) is 1. The van der Waals surface area contributed by atoms with Gasteiger partial charge in [0.15, 0.2) is 5.03 Å². The van der Waals surface area contributed by atoms with Crippen LogP contribution in [0.15, 0.2) is 23.2 Å². The van der Waals surface area contributed by atoms with Gasteiger partial charge in [0.05, 0.1) is 0 Å². The molecule has 0 aromatic carbocycles. The topological polar surface area (TPSA) is 76.1 Å².